The molecule has 0 bridgehead atoms. The number of hydrogen-bond acceptors (Lipinski definition) is 3. The Kier molecular flexibility index (Phi) is 3.79. The topological polar surface area (TPSA) is 54.4 Å². The van der Waals surface area contributed by atoms with Crippen LogP contribution in [0.25, 0.3) is 0 Å². The van der Waals surface area contributed by atoms with Crippen molar-refractivity contribution in [1.29, 1.82) is 0 Å². The minimum atomic E-state index is -1.09. The third-order valence-corrected chi connectivity index (χ3v) is 0.819. The molecule has 0 aromatic rings. The summed E-state index contributed by atoms with van der Waals surface area (Å²) in [5, 5.41) is 7.27. The number of aliphatic carboxylic acids is 1. The van der Waals surface area contributed by atoms with Crippen LogP contribution in [0.15, 0.2) is 12.2 Å². The fourth-order valence-electron chi connectivity index (χ4n) is 0.213. The highest BCUT2D eigenvalue weighted by Crippen LogP contribution is 1.90. The van der Waals surface area contributed by atoms with Gasteiger partial charge >= 0.3 is 5.97 Å². The molecule has 0 aliphatic carbocycles. The van der Waals surface area contributed by atoms with E-state index in [0.29, 0.717) is 0 Å². The molecule has 0 aliphatic heterocycles. The van der Waals surface area contributed by atoms with Crippen molar-refractivity contribution in [2.45, 2.75) is 5.25 Å². The van der Waals surface area contributed by atoms with Crippen molar-refractivity contribution in [2.24, 2.45) is 0 Å². The molecule has 0 amide bonds. The molecule has 1 radical (unpaired) electrons. The molecule has 0 fully saturated rings. The lowest BCUT2D eigenvalue weighted by molar-refractivity contribution is -0.131. The normalized spacial score (nSPS) is 13.4. The summed E-state index contributed by atoms with van der Waals surface area (Å²) in [6.45, 7) is 0. The van der Waals surface area contributed by atoms with Crippen molar-refractivity contribution in [2.75, 3.05) is 0 Å². The highest BCUT2D eigenvalue weighted by Gasteiger charge is 1.94. The zero-order chi connectivity index (χ0) is 7.28. The molecular weight excluding hydrogens is 140 g/mol. The Morgan fingerprint density at radius 1 is 1.78 bits per heavy atom. The van der Waals surface area contributed by atoms with Crippen LogP contribution in [0.2, 0.25) is 0 Å². The van der Waals surface area contributed by atoms with Gasteiger partial charge in [-0.05, 0) is 0 Å². The predicted octanol–water partition coefficient (Wildman–Crippen LogP) is 0.0353. The van der Waals surface area contributed by atoms with Crippen molar-refractivity contribution in [3.05, 3.63) is 12.2 Å². The summed E-state index contributed by atoms with van der Waals surface area (Å²) in [6.07, 6.45) is 3.47. The van der Waals surface area contributed by atoms with E-state index >= 15 is 0 Å². The third-order valence-electron chi connectivity index (χ3n) is 0.542. The van der Waals surface area contributed by atoms with E-state index in [1.807, 2.05) is 0 Å². The van der Waals surface area contributed by atoms with Crippen LogP contribution in [0.4, 0.5) is 0 Å². The molecule has 0 aliphatic rings. The number of hydrogen-bond donors (Lipinski definition) is 2. The maximum Gasteiger partial charge on any atom is 0.328 e. The minimum absolute atomic E-state index is 0.735. The summed E-state index contributed by atoms with van der Waals surface area (Å²) in [4.78, 5) is 19.4. The number of rotatable bonds is 3. The maximum absolute atomic E-state index is 9.77. The summed E-state index contributed by atoms with van der Waals surface area (Å²) in [5.41, 5.74) is 0. The fraction of sp³-hybridized carbons (Fsp3) is 0.200. The third kappa shape index (κ3) is 5.10. The van der Waals surface area contributed by atoms with Crippen molar-refractivity contribution in [3.63, 3.8) is 0 Å². The van der Waals surface area contributed by atoms with Gasteiger partial charge in [0.15, 0.2) is 0 Å². The average molecular weight is 145 g/mol. The molecule has 0 rings (SSSR count). The van der Waals surface area contributed by atoms with Crippen molar-refractivity contribution in [1.82, 2.24) is 0 Å². The zero-order valence-corrected chi connectivity index (χ0v) is 5.34. The van der Waals surface area contributed by atoms with Gasteiger partial charge in [-0.3, -0.25) is 4.79 Å². The van der Waals surface area contributed by atoms with E-state index < -0.39 is 11.2 Å². The van der Waals surface area contributed by atoms with Crippen LogP contribution in [-0.4, -0.2) is 22.6 Å². The SMILES string of the molecule is O=[C]C(S)C=CC(=O)O. The highest BCUT2D eigenvalue weighted by atomic mass is 32.1. The highest BCUT2D eigenvalue weighted by molar-refractivity contribution is 7.81. The molecule has 1 unspecified atom stereocenters. The van der Waals surface area contributed by atoms with Gasteiger partial charge in [-0.15, -0.1) is 0 Å². The van der Waals surface area contributed by atoms with Crippen LogP contribution in [0.1, 0.15) is 0 Å². The summed E-state index contributed by atoms with van der Waals surface area (Å²) in [7, 11) is 0. The monoisotopic (exact) mass is 145 g/mol. The Labute approximate surface area is 57.8 Å². The van der Waals surface area contributed by atoms with Gasteiger partial charge in [0.25, 0.3) is 0 Å². The molecule has 49 valence electrons. The first kappa shape index (κ1) is 8.23. The Bertz CT molecular complexity index is 141. The summed E-state index contributed by atoms with van der Waals surface area (Å²) in [5.74, 6) is -1.09. The lowest BCUT2D eigenvalue weighted by atomic mass is 10.4. The van der Waals surface area contributed by atoms with E-state index in [1.165, 1.54) is 6.29 Å². The number of thiol groups is 1. The van der Waals surface area contributed by atoms with E-state index in [4.69, 9.17) is 5.11 Å². The standard InChI is InChI=1S/C5H5O3S/c6-3-4(9)1-2-5(7)8/h1-2,4,9H,(H,7,8). The smallest absolute Gasteiger partial charge is 0.328 e. The quantitative estimate of drug-likeness (QED) is 0.435. The van der Waals surface area contributed by atoms with Gasteiger partial charge in [-0.25, -0.2) is 4.79 Å². The fourth-order valence-corrected chi connectivity index (χ4v) is 0.299. The Balaban J connectivity index is 3.69. The van der Waals surface area contributed by atoms with E-state index in [2.05, 4.69) is 12.6 Å². The summed E-state index contributed by atoms with van der Waals surface area (Å²) >= 11 is 3.63. The second-order valence-electron chi connectivity index (χ2n) is 1.26. The molecule has 9 heavy (non-hydrogen) atoms. The lowest BCUT2D eigenvalue weighted by Crippen LogP contribution is -1.95. The summed E-state index contributed by atoms with van der Waals surface area (Å²) < 4.78 is 0. The first-order chi connectivity index (χ1) is 4.16. The van der Waals surface area contributed by atoms with Crippen LogP contribution in [0, 0.1) is 0 Å². The Morgan fingerprint density at radius 3 is 2.67 bits per heavy atom. The largest absolute Gasteiger partial charge is 0.478 e. The number of carbonyl (C=O) groups is 1. The van der Waals surface area contributed by atoms with E-state index in [9.17, 15) is 9.59 Å². The number of carbonyl (C=O) groups excluding carboxylic acids is 1. The Morgan fingerprint density at radius 2 is 2.33 bits per heavy atom. The maximum atomic E-state index is 9.77. The van der Waals surface area contributed by atoms with Gasteiger partial charge in [0, 0.05) is 6.08 Å². The van der Waals surface area contributed by atoms with E-state index in [-0.39, 0.29) is 0 Å². The van der Waals surface area contributed by atoms with Crippen molar-refractivity contribution < 1.29 is 14.7 Å². The molecule has 0 aromatic heterocycles. The lowest BCUT2D eigenvalue weighted by Gasteiger charge is -1.85. The van der Waals surface area contributed by atoms with Crippen molar-refractivity contribution >= 4 is 24.9 Å². The van der Waals surface area contributed by atoms with Crippen LogP contribution >= 0.6 is 12.6 Å². The molecule has 0 saturated heterocycles. The molecular formula is C5H5O3S. The van der Waals surface area contributed by atoms with Gasteiger partial charge in [-0.1, -0.05) is 6.08 Å². The van der Waals surface area contributed by atoms with Crippen LogP contribution in [0.5, 0.6) is 0 Å². The van der Waals surface area contributed by atoms with Gasteiger partial charge < -0.3 is 5.11 Å². The molecule has 0 saturated carbocycles. The van der Waals surface area contributed by atoms with Gasteiger partial charge in [-0.2, -0.15) is 12.6 Å². The van der Waals surface area contributed by atoms with Crippen molar-refractivity contribution in [3.8, 4) is 0 Å². The molecule has 3 nitrogen and oxygen atoms in total. The molecule has 0 heterocycles. The second kappa shape index (κ2) is 4.14. The van der Waals surface area contributed by atoms with Crippen LogP contribution in [0.3, 0.4) is 0 Å². The first-order valence-electron chi connectivity index (χ1n) is 2.13. The average Bonchev–Trinajstić information content (AvgIpc) is 1.83. The van der Waals surface area contributed by atoms with E-state index in [0.717, 1.165) is 12.2 Å². The molecule has 0 aromatic carbocycles. The minimum Gasteiger partial charge on any atom is -0.478 e. The second-order valence-corrected chi connectivity index (χ2v) is 1.82. The number of carboxylic acids is 1. The van der Waals surface area contributed by atoms with Gasteiger partial charge in [0.05, 0.1) is 5.25 Å². The molecule has 0 spiro atoms. The Hall–Kier alpha value is -0.770. The van der Waals surface area contributed by atoms with Crippen LogP contribution < -0.4 is 0 Å². The predicted molar refractivity (Wildman–Crippen MR) is 35.2 cm³/mol. The molecule has 4 heteroatoms. The zero-order valence-electron chi connectivity index (χ0n) is 4.44. The van der Waals surface area contributed by atoms with E-state index in [1.54, 1.807) is 0 Å². The summed E-state index contributed by atoms with van der Waals surface area (Å²) in [6, 6.07) is 0. The molecule has 1 N–H and O–H groups in total. The van der Waals surface area contributed by atoms with Crippen LogP contribution in [-0.2, 0) is 9.59 Å². The van der Waals surface area contributed by atoms with Gasteiger partial charge in [0.2, 0.25) is 6.29 Å². The van der Waals surface area contributed by atoms with Gasteiger partial charge in [0.1, 0.15) is 0 Å². The number of carboxylic acid groups (broad SMARTS) is 1. The first-order valence-corrected chi connectivity index (χ1v) is 2.65. The molecule has 1 atom stereocenters.